The topological polar surface area (TPSA) is 33.4 Å². The highest BCUT2D eigenvalue weighted by Gasteiger charge is 2.20. The molecule has 3 aromatic rings. The lowest BCUT2D eigenvalue weighted by Crippen LogP contribution is -2.01. The van der Waals surface area contributed by atoms with Crippen LogP contribution in [0.3, 0.4) is 0 Å². The Hall–Kier alpha value is -1.84. The van der Waals surface area contributed by atoms with Crippen molar-refractivity contribution in [3.05, 3.63) is 70.7 Å². The first-order chi connectivity index (χ1) is 9.16. The predicted molar refractivity (Wildman–Crippen MR) is 71.7 cm³/mol. The highest BCUT2D eigenvalue weighted by atomic mass is 35.5. The van der Waals surface area contributed by atoms with E-state index in [0.717, 1.165) is 5.39 Å². The molecule has 0 saturated heterocycles. The number of furan rings is 1. The molecule has 0 radical (unpaired) electrons. The van der Waals surface area contributed by atoms with E-state index in [9.17, 15) is 9.50 Å². The first kappa shape index (κ1) is 12.2. The summed E-state index contributed by atoms with van der Waals surface area (Å²) in [6.07, 6.45) is -1.17. The van der Waals surface area contributed by atoms with E-state index < -0.39 is 11.9 Å². The Morgan fingerprint density at radius 3 is 2.68 bits per heavy atom. The van der Waals surface area contributed by atoms with Gasteiger partial charge in [0, 0.05) is 10.9 Å². The van der Waals surface area contributed by atoms with Gasteiger partial charge in [0.2, 0.25) is 0 Å². The summed E-state index contributed by atoms with van der Waals surface area (Å²) < 4.78 is 19.4. The Morgan fingerprint density at radius 1 is 1.11 bits per heavy atom. The van der Waals surface area contributed by atoms with E-state index in [-0.39, 0.29) is 10.6 Å². The fraction of sp³-hybridized carbons (Fsp3) is 0.0667. The molecule has 19 heavy (non-hydrogen) atoms. The molecule has 2 aromatic carbocycles. The summed E-state index contributed by atoms with van der Waals surface area (Å²) in [5, 5.41) is 11.0. The molecule has 0 saturated carbocycles. The minimum absolute atomic E-state index is 0.0207. The molecule has 3 rings (SSSR count). The van der Waals surface area contributed by atoms with Crippen molar-refractivity contribution in [2.24, 2.45) is 0 Å². The van der Waals surface area contributed by atoms with E-state index in [1.165, 1.54) is 12.1 Å². The van der Waals surface area contributed by atoms with E-state index in [1.54, 1.807) is 18.2 Å². The van der Waals surface area contributed by atoms with Crippen molar-refractivity contribution >= 4 is 22.6 Å². The number of aliphatic hydroxyl groups excluding tert-OH is 1. The lowest BCUT2D eigenvalue weighted by Gasteiger charge is -2.09. The van der Waals surface area contributed by atoms with E-state index in [2.05, 4.69) is 0 Å². The molecule has 0 bridgehead atoms. The molecule has 1 aromatic heterocycles. The van der Waals surface area contributed by atoms with Gasteiger partial charge in [-0.25, -0.2) is 4.39 Å². The number of benzene rings is 2. The Morgan fingerprint density at radius 2 is 1.89 bits per heavy atom. The fourth-order valence-electron chi connectivity index (χ4n) is 2.02. The van der Waals surface area contributed by atoms with Gasteiger partial charge < -0.3 is 9.52 Å². The summed E-state index contributed by atoms with van der Waals surface area (Å²) in [7, 11) is 0. The zero-order valence-electron chi connectivity index (χ0n) is 9.81. The van der Waals surface area contributed by atoms with Gasteiger partial charge in [-0.1, -0.05) is 41.9 Å². The maximum atomic E-state index is 13.9. The van der Waals surface area contributed by atoms with Gasteiger partial charge in [0.1, 0.15) is 23.3 Å². The minimum Gasteiger partial charge on any atom is -0.458 e. The zero-order valence-corrected chi connectivity index (χ0v) is 10.6. The van der Waals surface area contributed by atoms with Crippen LogP contribution in [0, 0.1) is 5.82 Å². The zero-order chi connectivity index (χ0) is 13.4. The minimum atomic E-state index is -1.17. The standard InChI is InChI=1S/C15H10ClFO2/c16-11-6-3-5-10(14(11)17)15(18)13-8-9-4-1-2-7-12(9)19-13/h1-8,15,18H. The molecule has 1 unspecified atom stereocenters. The summed E-state index contributed by atoms with van der Waals surface area (Å²) >= 11 is 5.71. The number of halogens is 2. The molecule has 0 amide bonds. The number of rotatable bonds is 2. The van der Waals surface area contributed by atoms with Crippen molar-refractivity contribution in [1.29, 1.82) is 0 Å². The molecule has 0 aliphatic rings. The number of aliphatic hydroxyl groups is 1. The lowest BCUT2D eigenvalue weighted by molar-refractivity contribution is 0.187. The summed E-state index contributed by atoms with van der Waals surface area (Å²) in [4.78, 5) is 0. The van der Waals surface area contributed by atoms with Crippen LogP contribution >= 0.6 is 11.6 Å². The van der Waals surface area contributed by atoms with Crippen LogP contribution in [0.5, 0.6) is 0 Å². The van der Waals surface area contributed by atoms with Crippen LogP contribution in [0.4, 0.5) is 4.39 Å². The van der Waals surface area contributed by atoms with Crippen LogP contribution in [-0.4, -0.2) is 5.11 Å². The summed E-state index contributed by atoms with van der Waals surface area (Å²) in [5.41, 5.74) is 0.755. The van der Waals surface area contributed by atoms with Crippen molar-refractivity contribution in [3.8, 4) is 0 Å². The summed E-state index contributed by atoms with van der Waals surface area (Å²) in [6.45, 7) is 0. The second-order valence-corrected chi connectivity index (χ2v) is 4.64. The van der Waals surface area contributed by atoms with Gasteiger partial charge in [0.15, 0.2) is 0 Å². The average Bonchev–Trinajstić information content (AvgIpc) is 2.85. The predicted octanol–water partition coefficient (Wildman–Crippen LogP) is 4.31. The molecule has 0 spiro atoms. The molecule has 1 heterocycles. The molecule has 0 aliphatic carbocycles. The van der Waals surface area contributed by atoms with Crippen molar-refractivity contribution in [1.82, 2.24) is 0 Å². The van der Waals surface area contributed by atoms with Crippen LogP contribution in [-0.2, 0) is 0 Å². The smallest absolute Gasteiger partial charge is 0.148 e. The molecule has 4 heteroatoms. The monoisotopic (exact) mass is 276 g/mol. The van der Waals surface area contributed by atoms with E-state index in [0.29, 0.717) is 11.3 Å². The molecule has 96 valence electrons. The molecule has 1 atom stereocenters. The van der Waals surface area contributed by atoms with E-state index >= 15 is 0 Å². The second kappa shape index (κ2) is 4.68. The van der Waals surface area contributed by atoms with E-state index in [4.69, 9.17) is 16.0 Å². The first-order valence-corrected chi connectivity index (χ1v) is 6.15. The number of hydrogen-bond acceptors (Lipinski definition) is 2. The van der Waals surface area contributed by atoms with Gasteiger partial charge in [-0.05, 0) is 18.2 Å². The largest absolute Gasteiger partial charge is 0.458 e. The highest BCUT2D eigenvalue weighted by Crippen LogP contribution is 2.31. The van der Waals surface area contributed by atoms with Gasteiger partial charge in [0.05, 0.1) is 5.02 Å². The Labute approximate surface area is 114 Å². The molecule has 2 nitrogen and oxygen atoms in total. The van der Waals surface area contributed by atoms with Gasteiger partial charge >= 0.3 is 0 Å². The van der Waals surface area contributed by atoms with Crippen molar-refractivity contribution < 1.29 is 13.9 Å². The van der Waals surface area contributed by atoms with Gasteiger partial charge in [-0.3, -0.25) is 0 Å². The molecule has 0 aliphatic heterocycles. The molecular weight excluding hydrogens is 267 g/mol. The normalized spacial score (nSPS) is 12.8. The van der Waals surface area contributed by atoms with Gasteiger partial charge in [-0.2, -0.15) is 0 Å². The highest BCUT2D eigenvalue weighted by molar-refractivity contribution is 6.30. The van der Waals surface area contributed by atoms with E-state index in [1.807, 2.05) is 18.2 Å². The third kappa shape index (κ3) is 2.11. The number of para-hydroxylation sites is 1. The second-order valence-electron chi connectivity index (χ2n) is 4.23. The first-order valence-electron chi connectivity index (χ1n) is 5.77. The average molecular weight is 277 g/mol. The van der Waals surface area contributed by atoms with Crippen LogP contribution < -0.4 is 0 Å². The molecular formula is C15H10ClFO2. The van der Waals surface area contributed by atoms with Gasteiger partial charge in [-0.15, -0.1) is 0 Å². The quantitative estimate of drug-likeness (QED) is 0.757. The Balaban J connectivity index is 2.08. The lowest BCUT2D eigenvalue weighted by atomic mass is 10.1. The van der Waals surface area contributed by atoms with Crippen molar-refractivity contribution in [2.75, 3.05) is 0 Å². The summed E-state index contributed by atoms with van der Waals surface area (Å²) in [5.74, 6) is -0.334. The number of fused-ring (bicyclic) bond motifs is 1. The van der Waals surface area contributed by atoms with Crippen LogP contribution in [0.25, 0.3) is 11.0 Å². The molecule has 1 N–H and O–H groups in total. The third-order valence-corrected chi connectivity index (χ3v) is 3.28. The van der Waals surface area contributed by atoms with Crippen LogP contribution in [0.1, 0.15) is 17.4 Å². The SMILES string of the molecule is OC(c1cc2ccccc2o1)c1cccc(Cl)c1F. The van der Waals surface area contributed by atoms with Crippen molar-refractivity contribution in [3.63, 3.8) is 0 Å². The fourth-order valence-corrected chi connectivity index (χ4v) is 2.20. The van der Waals surface area contributed by atoms with Gasteiger partial charge in [0.25, 0.3) is 0 Å². The molecule has 0 fully saturated rings. The van der Waals surface area contributed by atoms with Crippen molar-refractivity contribution in [2.45, 2.75) is 6.10 Å². The maximum absolute atomic E-state index is 13.9. The third-order valence-electron chi connectivity index (χ3n) is 2.99. The number of hydrogen-bond donors (Lipinski definition) is 1. The summed E-state index contributed by atoms with van der Waals surface area (Å²) in [6, 6.07) is 13.6. The van der Waals surface area contributed by atoms with Crippen LogP contribution in [0.15, 0.2) is 52.9 Å². The Kier molecular flexibility index (Phi) is 3.01. The maximum Gasteiger partial charge on any atom is 0.148 e. The Bertz CT molecular complexity index is 703. The van der Waals surface area contributed by atoms with Crippen LogP contribution in [0.2, 0.25) is 5.02 Å².